The molecule has 0 aliphatic carbocycles. The fraction of sp³-hybridized carbons (Fsp3) is 0.533. The van der Waals surface area contributed by atoms with Crippen molar-refractivity contribution in [3.05, 3.63) is 18.2 Å². The summed E-state index contributed by atoms with van der Waals surface area (Å²) in [7, 11) is 0. The van der Waals surface area contributed by atoms with Crippen LogP contribution in [0.15, 0.2) is 18.2 Å². The Kier molecular flexibility index (Phi) is 5.24. The Balaban J connectivity index is 2.13. The fourth-order valence-corrected chi connectivity index (χ4v) is 2.14. The highest BCUT2D eigenvalue weighted by Gasteiger charge is 2.24. The van der Waals surface area contributed by atoms with Crippen molar-refractivity contribution in [2.75, 3.05) is 25.1 Å². The second-order valence-corrected chi connectivity index (χ2v) is 4.51. The molecule has 1 amide bonds. The second-order valence-electron chi connectivity index (χ2n) is 4.51. The summed E-state index contributed by atoms with van der Waals surface area (Å²) in [5, 5.41) is 2.87. The summed E-state index contributed by atoms with van der Waals surface area (Å²) in [6.07, 6.45) is 1.33. The Bertz CT molecular complexity index is 455. The summed E-state index contributed by atoms with van der Waals surface area (Å²) < 4.78 is 16.4. The number of benzene rings is 1. The van der Waals surface area contributed by atoms with Gasteiger partial charge in [-0.1, -0.05) is 0 Å². The smallest absolute Gasteiger partial charge is 0.253 e. The van der Waals surface area contributed by atoms with Gasteiger partial charge in [0.15, 0.2) is 0 Å². The molecule has 1 heterocycles. The van der Waals surface area contributed by atoms with E-state index in [9.17, 15) is 4.79 Å². The number of carbonyl (C=O) groups excluding carboxylic acids is 1. The summed E-state index contributed by atoms with van der Waals surface area (Å²) in [5.74, 6) is 1.22. The standard InChI is InChI=1S/C15H21NO4/c1-3-18-11-7-8-13(19-4-2)12(10-11)16-15(17)14-6-5-9-20-14/h7-8,10,14H,3-6,9H2,1-2H3,(H,16,17). The number of anilines is 1. The average Bonchev–Trinajstić information content (AvgIpc) is 2.96. The Morgan fingerprint density at radius 2 is 2.15 bits per heavy atom. The van der Waals surface area contributed by atoms with Crippen LogP contribution in [0.5, 0.6) is 11.5 Å². The van der Waals surface area contributed by atoms with E-state index in [4.69, 9.17) is 14.2 Å². The first-order valence-electron chi connectivity index (χ1n) is 7.06. The van der Waals surface area contributed by atoms with E-state index in [0.29, 0.717) is 37.0 Å². The topological polar surface area (TPSA) is 56.8 Å². The van der Waals surface area contributed by atoms with Gasteiger partial charge in [-0.25, -0.2) is 0 Å². The summed E-state index contributed by atoms with van der Waals surface area (Å²) in [6.45, 7) is 5.59. The van der Waals surface area contributed by atoms with Crippen LogP contribution in [-0.2, 0) is 9.53 Å². The van der Waals surface area contributed by atoms with Gasteiger partial charge in [-0.3, -0.25) is 4.79 Å². The lowest BCUT2D eigenvalue weighted by molar-refractivity contribution is -0.124. The molecular weight excluding hydrogens is 258 g/mol. The van der Waals surface area contributed by atoms with Crippen LogP contribution < -0.4 is 14.8 Å². The summed E-state index contributed by atoms with van der Waals surface area (Å²) in [5.41, 5.74) is 0.623. The highest BCUT2D eigenvalue weighted by Crippen LogP contribution is 2.30. The van der Waals surface area contributed by atoms with Crippen molar-refractivity contribution in [1.82, 2.24) is 0 Å². The van der Waals surface area contributed by atoms with Crippen molar-refractivity contribution in [3.63, 3.8) is 0 Å². The van der Waals surface area contributed by atoms with E-state index in [-0.39, 0.29) is 12.0 Å². The maximum atomic E-state index is 12.1. The van der Waals surface area contributed by atoms with E-state index in [0.717, 1.165) is 12.8 Å². The number of hydrogen-bond acceptors (Lipinski definition) is 4. The first kappa shape index (κ1) is 14.7. The molecule has 20 heavy (non-hydrogen) atoms. The highest BCUT2D eigenvalue weighted by molar-refractivity contribution is 5.95. The van der Waals surface area contributed by atoms with Crippen LogP contribution in [0, 0.1) is 0 Å². The largest absolute Gasteiger partial charge is 0.494 e. The molecule has 2 rings (SSSR count). The average molecular weight is 279 g/mol. The van der Waals surface area contributed by atoms with Crippen molar-refractivity contribution < 1.29 is 19.0 Å². The number of amides is 1. The van der Waals surface area contributed by atoms with Gasteiger partial charge < -0.3 is 19.5 Å². The van der Waals surface area contributed by atoms with E-state index < -0.39 is 0 Å². The Labute approximate surface area is 119 Å². The Hall–Kier alpha value is -1.75. The maximum Gasteiger partial charge on any atom is 0.253 e. The first-order chi connectivity index (χ1) is 9.74. The predicted octanol–water partition coefficient (Wildman–Crippen LogP) is 2.60. The number of hydrogen-bond donors (Lipinski definition) is 1. The van der Waals surface area contributed by atoms with Crippen molar-refractivity contribution in [2.45, 2.75) is 32.8 Å². The molecule has 1 aliphatic rings. The minimum absolute atomic E-state index is 0.128. The van der Waals surface area contributed by atoms with E-state index in [1.807, 2.05) is 19.9 Å². The molecule has 5 heteroatoms. The molecular formula is C15H21NO4. The third-order valence-corrected chi connectivity index (χ3v) is 3.04. The molecule has 1 unspecified atom stereocenters. The maximum absolute atomic E-state index is 12.1. The van der Waals surface area contributed by atoms with E-state index >= 15 is 0 Å². The molecule has 1 aliphatic heterocycles. The zero-order valence-electron chi connectivity index (χ0n) is 12.0. The summed E-state index contributed by atoms with van der Waals surface area (Å²) in [4.78, 5) is 12.1. The molecule has 0 bridgehead atoms. The fourth-order valence-electron chi connectivity index (χ4n) is 2.14. The normalized spacial score (nSPS) is 17.8. The van der Waals surface area contributed by atoms with Gasteiger partial charge in [-0.2, -0.15) is 0 Å². The Morgan fingerprint density at radius 1 is 1.35 bits per heavy atom. The molecule has 0 radical (unpaired) electrons. The zero-order chi connectivity index (χ0) is 14.4. The first-order valence-corrected chi connectivity index (χ1v) is 7.06. The molecule has 0 spiro atoms. The van der Waals surface area contributed by atoms with E-state index in [2.05, 4.69) is 5.32 Å². The minimum Gasteiger partial charge on any atom is -0.494 e. The number of ether oxygens (including phenoxy) is 3. The molecule has 1 aromatic rings. The van der Waals surface area contributed by atoms with Crippen molar-refractivity contribution in [2.24, 2.45) is 0 Å². The van der Waals surface area contributed by atoms with E-state index in [1.165, 1.54) is 0 Å². The third-order valence-electron chi connectivity index (χ3n) is 3.04. The number of rotatable bonds is 6. The quantitative estimate of drug-likeness (QED) is 0.869. The van der Waals surface area contributed by atoms with Crippen LogP contribution in [0.3, 0.4) is 0 Å². The minimum atomic E-state index is -0.361. The van der Waals surface area contributed by atoms with Crippen LogP contribution >= 0.6 is 0 Å². The molecule has 1 fully saturated rings. The molecule has 1 atom stereocenters. The van der Waals surface area contributed by atoms with Crippen LogP contribution in [0.4, 0.5) is 5.69 Å². The Morgan fingerprint density at radius 3 is 2.80 bits per heavy atom. The molecule has 5 nitrogen and oxygen atoms in total. The van der Waals surface area contributed by atoms with Crippen molar-refractivity contribution >= 4 is 11.6 Å². The third kappa shape index (κ3) is 3.63. The molecule has 1 saturated heterocycles. The van der Waals surface area contributed by atoms with Crippen LogP contribution in [-0.4, -0.2) is 31.8 Å². The lowest BCUT2D eigenvalue weighted by Gasteiger charge is -2.15. The number of nitrogens with one attached hydrogen (secondary N) is 1. The monoisotopic (exact) mass is 279 g/mol. The zero-order valence-corrected chi connectivity index (χ0v) is 12.0. The van der Waals surface area contributed by atoms with Crippen LogP contribution in [0.25, 0.3) is 0 Å². The second kappa shape index (κ2) is 7.14. The van der Waals surface area contributed by atoms with Crippen LogP contribution in [0.1, 0.15) is 26.7 Å². The van der Waals surface area contributed by atoms with Gasteiger partial charge in [-0.15, -0.1) is 0 Å². The van der Waals surface area contributed by atoms with Gasteiger partial charge in [0.25, 0.3) is 5.91 Å². The van der Waals surface area contributed by atoms with Gasteiger partial charge in [0.2, 0.25) is 0 Å². The van der Waals surface area contributed by atoms with Crippen molar-refractivity contribution in [1.29, 1.82) is 0 Å². The number of carbonyl (C=O) groups is 1. The van der Waals surface area contributed by atoms with Crippen molar-refractivity contribution in [3.8, 4) is 11.5 Å². The SMILES string of the molecule is CCOc1ccc(OCC)c(NC(=O)C2CCCO2)c1. The van der Waals surface area contributed by atoms with Gasteiger partial charge in [0.1, 0.15) is 17.6 Å². The van der Waals surface area contributed by atoms with E-state index in [1.54, 1.807) is 12.1 Å². The molecule has 0 saturated carbocycles. The van der Waals surface area contributed by atoms with Gasteiger partial charge in [0.05, 0.1) is 18.9 Å². The predicted molar refractivity (Wildman–Crippen MR) is 76.4 cm³/mol. The lowest BCUT2D eigenvalue weighted by Crippen LogP contribution is -2.27. The molecule has 1 N–H and O–H groups in total. The summed E-state index contributed by atoms with van der Waals surface area (Å²) in [6, 6.07) is 5.41. The summed E-state index contributed by atoms with van der Waals surface area (Å²) >= 11 is 0. The van der Waals surface area contributed by atoms with Gasteiger partial charge in [-0.05, 0) is 38.8 Å². The lowest BCUT2D eigenvalue weighted by atomic mass is 10.2. The van der Waals surface area contributed by atoms with Gasteiger partial charge in [0, 0.05) is 12.7 Å². The van der Waals surface area contributed by atoms with Gasteiger partial charge >= 0.3 is 0 Å². The highest BCUT2D eigenvalue weighted by atomic mass is 16.5. The van der Waals surface area contributed by atoms with Crippen LogP contribution in [0.2, 0.25) is 0 Å². The molecule has 110 valence electrons. The molecule has 0 aromatic heterocycles. The molecule has 1 aromatic carbocycles.